The molecule has 0 amide bonds. The van der Waals surface area contributed by atoms with Gasteiger partial charge in [-0.15, -0.1) is 0 Å². The first-order chi connectivity index (χ1) is 12.0. The zero-order valence-corrected chi connectivity index (χ0v) is 16.0. The molecule has 0 saturated carbocycles. The van der Waals surface area contributed by atoms with Crippen LogP contribution < -0.4 is 0 Å². The zero-order chi connectivity index (χ0) is 17.9. The van der Waals surface area contributed by atoms with Crippen molar-refractivity contribution < 1.29 is 13.3 Å². The third-order valence-electron chi connectivity index (χ3n) is 5.23. The molecule has 0 aliphatic carbocycles. The average Bonchev–Trinajstić information content (AvgIpc) is 3.06. The monoisotopic (exact) mass is 364 g/mol. The number of hydrogen-bond acceptors (Lipinski definition) is 4. The van der Waals surface area contributed by atoms with Gasteiger partial charge in [0, 0.05) is 12.0 Å². The number of oxime groups is 1. The molecule has 0 radical (unpaired) electrons. The molecule has 0 N–H and O–H groups in total. The fraction of sp³-hybridized carbons (Fsp3) is 0.632. The summed E-state index contributed by atoms with van der Waals surface area (Å²) >= 11 is 0. The predicted octanol–water partition coefficient (Wildman–Crippen LogP) is 3.73. The first-order valence-electron chi connectivity index (χ1n) is 9.29. The number of aryl methyl sites for hydroxylation is 1. The Hall–Kier alpha value is -1.40. The van der Waals surface area contributed by atoms with E-state index in [2.05, 4.69) is 12.1 Å². The number of rotatable bonds is 7. The molecule has 0 bridgehead atoms. The van der Waals surface area contributed by atoms with Crippen LogP contribution in [-0.2, 0) is 14.9 Å². The van der Waals surface area contributed by atoms with Gasteiger partial charge < -0.3 is 4.84 Å². The van der Waals surface area contributed by atoms with E-state index < -0.39 is 10.0 Å². The Balaban J connectivity index is 1.81. The second kappa shape index (κ2) is 7.87. The molecule has 0 unspecified atom stereocenters. The number of hydrogen-bond donors (Lipinski definition) is 0. The van der Waals surface area contributed by atoms with E-state index in [1.54, 1.807) is 16.4 Å². The average molecular weight is 365 g/mol. The maximum absolute atomic E-state index is 13.2. The summed E-state index contributed by atoms with van der Waals surface area (Å²) in [4.78, 5) is 5.60. The van der Waals surface area contributed by atoms with Crippen LogP contribution in [-0.4, -0.2) is 37.6 Å². The smallest absolute Gasteiger partial charge is 0.243 e. The SMILES string of the molecule is CCCCCC[C@@H]1C[C@H]2CON=C2CN1S(=O)(=O)c1ccc(C)cc1. The van der Waals surface area contributed by atoms with Crippen LogP contribution in [0.5, 0.6) is 0 Å². The summed E-state index contributed by atoms with van der Waals surface area (Å²) in [6.07, 6.45) is 6.34. The molecular weight excluding hydrogens is 336 g/mol. The molecule has 2 atom stereocenters. The summed E-state index contributed by atoms with van der Waals surface area (Å²) in [6, 6.07) is 7.15. The Morgan fingerprint density at radius 1 is 1.20 bits per heavy atom. The van der Waals surface area contributed by atoms with Crippen LogP contribution >= 0.6 is 0 Å². The highest BCUT2D eigenvalue weighted by molar-refractivity contribution is 7.89. The van der Waals surface area contributed by atoms with E-state index in [0.717, 1.165) is 37.0 Å². The largest absolute Gasteiger partial charge is 0.395 e. The maximum Gasteiger partial charge on any atom is 0.243 e. The van der Waals surface area contributed by atoms with Gasteiger partial charge in [-0.3, -0.25) is 0 Å². The molecule has 3 rings (SSSR count). The minimum atomic E-state index is -3.51. The highest BCUT2D eigenvalue weighted by Gasteiger charge is 2.41. The molecule has 1 aromatic carbocycles. The van der Waals surface area contributed by atoms with Gasteiger partial charge in [-0.05, 0) is 31.9 Å². The first kappa shape index (κ1) is 18.4. The lowest BCUT2D eigenvalue weighted by Gasteiger charge is -2.37. The van der Waals surface area contributed by atoms with Crippen molar-refractivity contribution in [2.24, 2.45) is 11.1 Å². The van der Waals surface area contributed by atoms with Crippen molar-refractivity contribution in [3.63, 3.8) is 0 Å². The summed E-state index contributed by atoms with van der Waals surface area (Å²) in [7, 11) is -3.51. The minimum absolute atomic E-state index is 0.0359. The van der Waals surface area contributed by atoms with Gasteiger partial charge in [0.05, 0.1) is 17.2 Å². The van der Waals surface area contributed by atoms with E-state index >= 15 is 0 Å². The summed E-state index contributed by atoms with van der Waals surface area (Å²) in [5.41, 5.74) is 1.93. The van der Waals surface area contributed by atoms with Gasteiger partial charge in [0.15, 0.2) is 0 Å². The zero-order valence-electron chi connectivity index (χ0n) is 15.1. The summed E-state index contributed by atoms with van der Waals surface area (Å²) < 4.78 is 28.1. The van der Waals surface area contributed by atoms with Crippen molar-refractivity contribution >= 4 is 15.7 Å². The minimum Gasteiger partial charge on any atom is -0.395 e. The Morgan fingerprint density at radius 3 is 2.68 bits per heavy atom. The molecule has 0 aromatic heterocycles. The summed E-state index contributed by atoms with van der Waals surface area (Å²) in [6.45, 7) is 5.11. The topological polar surface area (TPSA) is 59.0 Å². The van der Waals surface area contributed by atoms with E-state index in [1.165, 1.54) is 12.8 Å². The van der Waals surface area contributed by atoms with Crippen LogP contribution in [0.15, 0.2) is 34.3 Å². The highest BCUT2D eigenvalue weighted by Crippen LogP contribution is 2.32. The van der Waals surface area contributed by atoms with Gasteiger partial charge in [-0.2, -0.15) is 4.31 Å². The Kier molecular flexibility index (Phi) is 5.79. The van der Waals surface area contributed by atoms with Crippen LogP contribution in [0, 0.1) is 12.8 Å². The molecule has 1 fully saturated rings. The quantitative estimate of drug-likeness (QED) is 0.693. The van der Waals surface area contributed by atoms with Crippen molar-refractivity contribution in [1.29, 1.82) is 0 Å². The normalized spacial score (nSPS) is 23.8. The van der Waals surface area contributed by atoms with Gasteiger partial charge in [-0.25, -0.2) is 8.42 Å². The van der Waals surface area contributed by atoms with Crippen molar-refractivity contribution in [2.45, 2.75) is 63.3 Å². The molecule has 2 aliphatic heterocycles. The predicted molar refractivity (Wildman–Crippen MR) is 99.1 cm³/mol. The molecule has 6 heteroatoms. The van der Waals surface area contributed by atoms with E-state index in [-0.39, 0.29) is 12.0 Å². The lowest BCUT2D eigenvalue weighted by Crippen LogP contribution is -2.50. The molecule has 25 heavy (non-hydrogen) atoms. The van der Waals surface area contributed by atoms with Crippen molar-refractivity contribution in [3.05, 3.63) is 29.8 Å². The van der Waals surface area contributed by atoms with E-state index in [0.29, 0.717) is 18.0 Å². The number of nitrogens with zero attached hydrogens (tertiary/aromatic N) is 2. The van der Waals surface area contributed by atoms with Crippen molar-refractivity contribution in [2.75, 3.05) is 13.2 Å². The molecule has 1 saturated heterocycles. The summed E-state index contributed by atoms with van der Waals surface area (Å²) in [5.74, 6) is 0.278. The highest BCUT2D eigenvalue weighted by atomic mass is 32.2. The van der Waals surface area contributed by atoms with Crippen LogP contribution in [0.4, 0.5) is 0 Å². The fourth-order valence-corrected chi connectivity index (χ4v) is 5.31. The third-order valence-corrected chi connectivity index (χ3v) is 7.14. The molecule has 1 aromatic rings. The molecule has 138 valence electrons. The number of fused-ring (bicyclic) bond motifs is 1. The van der Waals surface area contributed by atoms with Gasteiger partial charge in [0.1, 0.15) is 6.61 Å². The van der Waals surface area contributed by atoms with Crippen LogP contribution in [0.25, 0.3) is 0 Å². The van der Waals surface area contributed by atoms with Crippen LogP contribution in [0.2, 0.25) is 0 Å². The molecule has 5 nitrogen and oxygen atoms in total. The number of benzene rings is 1. The van der Waals surface area contributed by atoms with Crippen molar-refractivity contribution in [3.8, 4) is 0 Å². The standard InChI is InChI=1S/C19H28N2O3S/c1-3-4-5-6-7-17-12-16-14-24-20-19(16)13-21(17)25(22,23)18-10-8-15(2)9-11-18/h8-11,16-17H,3-7,12-14H2,1-2H3/t16-,17+/m0/s1. The molecule has 2 heterocycles. The Bertz CT molecular complexity index is 713. The molecule has 2 aliphatic rings. The third kappa shape index (κ3) is 4.06. The second-order valence-corrected chi connectivity index (χ2v) is 9.07. The van der Waals surface area contributed by atoms with Crippen LogP contribution in [0.1, 0.15) is 51.0 Å². The molecule has 0 spiro atoms. The van der Waals surface area contributed by atoms with Gasteiger partial charge in [0.25, 0.3) is 0 Å². The van der Waals surface area contributed by atoms with E-state index in [9.17, 15) is 8.42 Å². The number of piperidine rings is 1. The summed E-state index contributed by atoms with van der Waals surface area (Å²) in [5, 5.41) is 4.08. The Labute approximate surface area is 151 Å². The maximum atomic E-state index is 13.2. The van der Waals surface area contributed by atoms with Crippen molar-refractivity contribution in [1.82, 2.24) is 4.31 Å². The lowest BCUT2D eigenvalue weighted by atomic mass is 9.89. The van der Waals surface area contributed by atoms with Gasteiger partial charge >= 0.3 is 0 Å². The fourth-order valence-electron chi connectivity index (χ4n) is 3.67. The van der Waals surface area contributed by atoms with E-state index in [4.69, 9.17) is 4.84 Å². The number of unbranched alkanes of at least 4 members (excludes halogenated alkanes) is 3. The Morgan fingerprint density at radius 2 is 1.96 bits per heavy atom. The lowest BCUT2D eigenvalue weighted by molar-refractivity contribution is 0.144. The van der Waals surface area contributed by atoms with Crippen LogP contribution in [0.3, 0.4) is 0 Å². The second-order valence-electron chi connectivity index (χ2n) is 7.18. The van der Waals surface area contributed by atoms with Gasteiger partial charge in [-0.1, -0.05) is 55.5 Å². The van der Waals surface area contributed by atoms with E-state index in [1.807, 2.05) is 19.1 Å². The number of sulfonamides is 1. The van der Waals surface area contributed by atoms with Gasteiger partial charge in [0.2, 0.25) is 10.0 Å². The molecular formula is C19H28N2O3S. The first-order valence-corrected chi connectivity index (χ1v) is 10.7.